The first-order valence-electron chi connectivity index (χ1n) is 7.21. The molecule has 0 radical (unpaired) electrons. The minimum absolute atomic E-state index is 0.0902. The Hall–Kier alpha value is -1.39. The van der Waals surface area contributed by atoms with Gasteiger partial charge in [-0.2, -0.15) is 0 Å². The Morgan fingerprint density at radius 1 is 1.30 bits per heavy atom. The monoisotopic (exact) mass is 280 g/mol. The van der Waals surface area contributed by atoms with Crippen molar-refractivity contribution in [2.45, 2.75) is 51.7 Å². The molecule has 4 nitrogen and oxygen atoms in total. The van der Waals surface area contributed by atoms with Crippen LogP contribution in [0, 0.1) is 0 Å². The second-order valence-electron chi connectivity index (χ2n) is 4.86. The predicted octanol–water partition coefficient (Wildman–Crippen LogP) is 2.38. The van der Waals surface area contributed by atoms with Crippen LogP contribution in [-0.2, 0) is 4.79 Å². The Balaban J connectivity index is 0.000000396. The highest BCUT2D eigenvalue weighted by atomic mass is 16.3. The average Bonchev–Trinajstić information content (AvgIpc) is 2.47. The van der Waals surface area contributed by atoms with Gasteiger partial charge in [-0.3, -0.25) is 4.79 Å². The number of carbonyl (C=O) groups is 1. The molecule has 114 valence electrons. The molecule has 0 aliphatic carbocycles. The molecule has 0 bridgehead atoms. The Labute approximate surface area is 122 Å². The molecular formula is C16H28N2O2. The van der Waals surface area contributed by atoms with E-state index in [1.807, 2.05) is 44.3 Å². The molecule has 0 aliphatic heterocycles. The van der Waals surface area contributed by atoms with Crippen LogP contribution < -0.4 is 11.1 Å². The lowest BCUT2D eigenvalue weighted by molar-refractivity contribution is -0.118. The largest absolute Gasteiger partial charge is 0.387 e. The molecule has 20 heavy (non-hydrogen) atoms. The van der Waals surface area contributed by atoms with Gasteiger partial charge in [-0.25, -0.2) is 0 Å². The molecule has 0 saturated heterocycles. The molecule has 0 saturated carbocycles. The molecule has 0 unspecified atom stereocenters. The second kappa shape index (κ2) is 11.4. The number of likely N-dealkylation sites (N-methyl/N-ethyl adjacent to an activating group) is 1. The average molecular weight is 280 g/mol. The number of aliphatic hydroxyl groups excluding tert-OH is 1. The van der Waals surface area contributed by atoms with E-state index in [4.69, 9.17) is 5.73 Å². The quantitative estimate of drug-likeness (QED) is 0.671. The van der Waals surface area contributed by atoms with E-state index in [0.29, 0.717) is 6.42 Å². The van der Waals surface area contributed by atoms with Crippen LogP contribution in [0.1, 0.15) is 51.2 Å². The van der Waals surface area contributed by atoms with E-state index >= 15 is 0 Å². The third-order valence-electron chi connectivity index (χ3n) is 3.10. The summed E-state index contributed by atoms with van der Waals surface area (Å²) in [6, 6.07) is 9.76. The lowest BCUT2D eigenvalue weighted by atomic mass is 10.0. The van der Waals surface area contributed by atoms with Crippen LogP contribution in [0.15, 0.2) is 30.3 Å². The molecule has 1 amide bonds. The molecule has 2 atom stereocenters. The number of nitrogens with two attached hydrogens (primary N) is 1. The summed E-state index contributed by atoms with van der Waals surface area (Å²) in [5.74, 6) is -0.182. The van der Waals surface area contributed by atoms with E-state index in [0.717, 1.165) is 24.8 Å². The molecule has 0 spiro atoms. The maximum atomic E-state index is 10.1. The van der Waals surface area contributed by atoms with E-state index in [1.54, 1.807) is 0 Å². The summed E-state index contributed by atoms with van der Waals surface area (Å²) < 4.78 is 0. The van der Waals surface area contributed by atoms with Gasteiger partial charge in [-0.1, -0.05) is 50.1 Å². The molecule has 4 heteroatoms. The summed E-state index contributed by atoms with van der Waals surface area (Å²) in [5, 5.41) is 12.7. The summed E-state index contributed by atoms with van der Waals surface area (Å²) in [7, 11) is 1.84. The van der Waals surface area contributed by atoms with Crippen LogP contribution in [0.5, 0.6) is 0 Å². The Bertz CT molecular complexity index is 355. The van der Waals surface area contributed by atoms with Crippen molar-refractivity contribution in [1.29, 1.82) is 0 Å². The van der Waals surface area contributed by atoms with Gasteiger partial charge in [-0.15, -0.1) is 0 Å². The van der Waals surface area contributed by atoms with Crippen molar-refractivity contribution in [3.8, 4) is 0 Å². The van der Waals surface area contributed by atoms with Gasteiger partial charge in [0, 0.05) is 12.5 Å². The van der Waals surface area contributed by atoms with Gasteiger partial charge >= 0.3 is 0 Å². The van der Waals surface area contributed by atoms with Crippen molar-refractivity contribution < 1.29 is 9.90 Å². The number of rotatable bonds is 7. The van der Waals surface area contributed by atoms with Gasteiger partial charge in [0.05, 0.1) is 6.10 Å². The van der Waals surface area contributed by atoms with Crippen LogP contribution in [-0.4, -0.2) is 24.1 Å². The van der Waals surface area contributed by atoms with Gasteiger partial charge in [0.15, 0.2) is 0 Å². The lowest BCUT2D eigenvalue weighted by Crippen LogP contribution is -2.28. The van der Waals surface area contributed by atoms with Crippen molar-refractivity contribution >= 4 is 5.91 Å². The summed E-state index contributed by atoms with van der Waals surface area (Å²) in [6.45, 7) is 4.05. The number of benzene rings is 1. The Morgan fingerprint density at radius 2 is 1.90 bits per heavy atom. The number of unbranched alkanes of at least 4 members (excludes halogenated alkanes) is 2. The minimum Gasteiger partial charge on any atom is -0.387 e. The van der Waals surface area contributed by atoms with Crippen molar-refractivity contribution in [2.24, 2.45) is 5.73 Å². The van der Waals surface area contributed by atoms with Crippen LogP contribution >= 0.6 is 0 Å². The lowest BCUT2D eigenvalue weighted by Gasteiger charge is -2.17. The number of aliphatic hydroxyl groups is 1. The number of amides is 1. The maximum absolute atomic E-state index is 10.1. The first kappa shape index (κ1) is 18.6. The van der Waals surface area contributed by atoms with Gasteiger partial charge in [0.25, 0.3) is 0 Å². The van der Waals surface area contributed by atoms with Crippen molar-refractivity contribution in [2.75, 3.05) is 7.05 Å². The zero-order valence-corrected chi connectivity index (χ0v) is 12.8. The third kappa shape index (κ3) is 8.67. The maximum Gasteiger partial charge on any atom is 0.217 e. The fourth-order valence-electron chi connectivity index (χ4n) is 1.65. The molecule has 0 aromatic heterocycles. The number of hydrogen-bond donors (Lipinski definition) is 3. The number of hydrogen-bond acceptors (Lipinski definition) is 3. The molecule has 0 heterocycles. The highest BCUT2D eigenvalue weighted by molar-refractivity contribution is 5.73. The molecule has 1 rings (SSSR count). The summed E-state index contributed by atoms with van der Waals surface area (Å²) in [6.07, 6.45) is 3.34. The predicted molar refractivity (Wildman–Crippen MR) is 83.3 cm³/mol. The Kier molecular flexibility index (Phi) is 10.6. The first-order valence-corrected chi connectivity index (χ1v) is 7.21. The van der Waals surface area contributed by atoms with E-state index in [9.17, 15) is 9.90 Å². The van der Waals surface area contributed by atoms with E-state index in [1.165, 1.54) is 0 Å². The topological polar surface area (TPSA) is 75.4 Å². The molecule has 4 N–H and O–H groups in total. The molecule has 1 aromatic carbocycles. The highest BCUT2D eigenvalue weighted by Gasteiger charge is 2.12. The zero-order chi connectivity index (χ0) is 15.4. The zero-order valence-electron chi connectivity index (χ0n) is 12.8. The SMILES string of the molecule is CCCCCC(N)=O.CN[C@@H](C)[C@@H](O)c1ccccc1. The first-order chi connectivity index (χ1) is 9.52. The van der Waals surface area contributed by atoms with Gasteiger partial charge < -0.3 is 16.2 Å². The summed E-state index contributed by atoms with van der Waals surface area (Å²) >= 11 is 0. The minimum atomic E-state index is -0.420. The molecule has 0 fully saturated rings. The van der Waals surface area contributed by atoms with Crippen LogP contribution in [0.4, 0.5) is 0 Å². The van der Waals surface area contributed by atoms with E-state index in [-0.39, 0.29) is 11.9 Å². The second-order valence-corrected chi connectivity index (χ2v) is 4.86. The Morgan fingerprint density at radius 3 is 2.35 bits per heavy atom. The molecule has 1 aromatic rings. The van der Waals surface area contributed by atoms with Crippen LogP contribution in [0.2, 0.25) is 0 Å². The highest BCUT2D eigenvalue weighted by Crippen LogP contribution is 2.15. The van der Waals surface area contributed by atoms with Crippen LogP contribution in [0.3, 0.4) is 0 Å². The van der Waals surface area contributed by atoms with Gasteiger partial charge in [0.2, 0.25) is 5.91 Å². The van der Waals surface area contributed by atoms with Crippen molar-refractivity contribution in [3.63, 3.8) is 0 Å². The number of nitrogens with one attached hydrogen (secondary N) is 1. The van der Waals surface area contributed by atoms with Crippen LogP contribution in [0.25, 0.3) is 0 Å². The number of carbonyl (C=O) groups excluding carboxylic acids is 1. The fourth-order valence-corrected chi connectivity index (χ4v) is 1.65. The summed E-state index contributed by atoms with van der Waals surface area (Å²) in [5.41, 5.74) is 5.85. The third-order valence-corrected chi connectivity index (χ3v) is 3.10. The number of primary amides is 1. The van der Waals surface area contributed by atoms with Gasteiger partial charge in [0.1, 0.15) is 0 Å². The van der Waals surface area contributed by atoms with E-state index < -0.39 is 6.10 Å². The smallest absolute Gasteiger partial charge is 0.217 e. The standard InChI is InChI=1S/C10H15NO.C6H13NO/c1-8(11-2)10(12)9-6-4-3-5-7-9;1-2-3-4-5-6(7)8/h3-8,10-12H,1-2H3;2-5H2,1H3,(H2,7,8)/t8-,10+;/m0./s1. The summed E-state index contributed by atoms with van der Waals surface area (Å²) in [4.78, 5) is 10.1. The molecular weight excluding hydrogens is 252 g/mol. The normalized spacial score (nSPS) is 13.0. The fraction of sp³-hybridized carbons (Fsp3) is 0.562. The van der Waals surface area contributed by atoms with Gasteiger partial charge in [-0.05, 0) is 26.0 Å². The molecule has 0 aliphatic rings. The van der Waals surface area contributed by atoms with Crippen molar-refractivity contribution in [1.82, 2.24) is 5.32 Å². The van der Waals surface area contributed by atoms with E-state index in [2.05, 4.69) is 12.2 Å². The van der Waals surface area contributed by atoms with Crippen molar-refractivity contribution in [3.05, 3.63) is 35.9 Å².